The zero-order valence-corrected chi connectivity index (χ0v) is 12.2. The molecule has 0 aliphatic heterocycles. The monoisotopic (exact) mass is 287 g/mol. The SMILES string of the molecule is CCN(Cc1nc2c(N)cccc2o1)Cc1cccs1. The molecule has 0 unspecified atom stereocenters. The van der Waals surface area contributed by atoms with Crippen LogP contribution in [0.1, 0.15) is 17.7 Å². The highest BCUT2D eigenvalue weighted by Gasteiger charge is 2.12. The maximum atomic E-state index is 5.91. The van der Waals surface area contributed by atoms with Crippen molar-refractivity contribution in [3.63, 3.8) is 0 Å². The van der Waals surface area contributed by atoms with Gasteiger partial charge in [0, 0.05) is 11.4 Å². The number of rotatable bonds is 5. The molecular formula is C15H17N3OS. The molecular weight excluding hydrogens is 270 g/mol. The van der Waals surface area contributed by atoms with Crippen LogP contribution in [0.4, 0.5) is 5.69 Å². The maximum absolute atomic E-state index is 5.91. The number of hydrogen-bond acceptors (Lipinski definition) is 5. The summed E-state index contributed by atoms with van der Waals surface area (Å²) >= 11 is 1.77. The van der Waals surface area contributed by atoms with Crippen molar-refractivity contribution in [1.29, 1.82) is 0 Å². The van der Waals surface area contributed by atoms with Crippen LogP contribution in [-0.2, 0) is 13.1 Å². The number of anilines is 1. The molecule has 1 aromatic carbocycles. The molecule has 3 rings (SSSR count). The summed E-state index contributed by atoms with van der Waals surface area (Å²) in [4.78, 5) is 8.15. The Morgan fingerprint density at radius 3 is 2.85 bits per heavy atom. The van der Waals surface area contributed by atoms with Crippen LogP contribution in [0, 0.1) is 0 Å². The highest BCUT2D eigenvalue weighted by Crippen LogP contribution is 2.22. The van der Waals surface area contributed by atoms with Crippen molar-refractivity contribution in [2.24, 2.45) is 0 Å². The molecule has 104 valence electrons. The van der Waals surface area contributed by atoms with Gasteiger partial charge in [-0.3, -0.25) is 4.90 Å². The second-order valence-electron chi connectivity index (χ2n) is 4.68. The van der Waals surface area contributed by atoms with Crippen molar-refractivity contribution in [1.82, 2.24) is 9.88 Å². The molecule has 0 radical (unpaired) electrons. The third kappa shape index (κ3) is 2.69. The third-order valence-electron chi connectivity index (χ3n) is 3.26. The van der Waals surface area contributed by atoms with Crippen molar-refractivity contribution >= 4 is 28.1 Å². The first-order valence-electron chi connectivity index (χ1n) is 6.65. The molecule has 20 heavy (non-hydrogen) atoms. The molecule has 0 saturated heterocycles. The lowest BCUT2D eigenvalue weighted by atomic mass is 10.3. The van der Waals surface area contributed by atoms with Gasteiger partial charge in [-0.2, -0.15) is 0 Å². The molecule has 4 nitrogen and oxygen atoms in total. The van der Waals surface area contributed by atoms with Crippen LogP contribution < -0.4 is 5.73 Å². The number of aromatic nitrogens is 1. The molecule has 3 aromatic rings. The summed E-state index contributed by atoms with van der Waals surface area (Å²) in [6.45, 7) is 4.71. The number of thiophene rings is 1. The number of benzene rings is 1. The Morgan fingerprint density at radius 1 is 1.25 bits per heavy atom. The highest BCUT2D eigenvalue weighted by atomic mass is 32.1. The van der Waals surface area contributed by atoms with Gasteiger partial charge in [0.05, 0.1) is 12.2 Å². The zero-order valence-electron chi connectivity index (χ0n) is 11.4. The largest absolute Gasteiger partial charge is 0.439 e. The summed E-state index contributed by atoms with van der Waals surface area (Å²) in [5.74, 6) is 0.719. The summed E-state index contributed by atoms with van der Waals surface area (Å²) in [5.41, 5.74) is 8.09. The average molecular weight is 287 g/mol. The molecule has 0 atom stereocenters. The van der Waals surface area contributed by atoms with Crippen LogP contribution in [0.25, 0.3) is 11.1 Å². The lowest BCUT2D eigenvalue weighted by molar-refractivity contribution is 0.247. The van der Waals surface area contributed by atoms with E-state index in [0.717, 1.165) is 30.1 Å². The first-order chi connectivity index (χ1) is 9.76. The van der Waals surface area contributed by atoms with Crippen LogP contribution in [-0.4, -0.2) is 16.4 Å². The van der Waals surface area contributed by atoms with Crippen molar-refractivity contribution in [2.75, 3.05) is 12.3 Å². The first kappa shape index (κ1) is 13.1. The Morgan fingerprint density at radius 2 is 2.15 bits per heavy atom. The van der Waals surface area contributed by atoms with E-state index in [-0.39, 0.29) is 0 Å². The van der Waals surface area contributed by atoms with Gasteiger partial charge in [0.15, 0.2) is 5.58 Å². The Kier molecular flexibility index (Phi) is 3.71. The molecule has 2 aromatic heterocycles. The van der Waals surface area contributed by atoms with Crippen molar-refractivity contribution in [2.45, 2.75) is 20.0 Å². The molecule has 0 aliphatic carbocycles. The molecule has 2 heterocycles. The molecule has 5 heteroatoms. The lowest BCUT2D eigenvalue weighted by Crippen LogP contribution is -2.21. The number of para-hydroxylation sites is 1. The number of nitrogens with two attached hydrogens (primary N) is 1. The van der Waals surface area contributed by atoms with Crippen molar-refractivity contribution < 1.29 is 4.42 Å². The Bertz CT molecular complexity index is 690. The van der Waals surface area contributed by atoms with Crippen molar-refractivity contribution in [3.8, 4) is 0 Å². The number of oxazole rings is 1. The van der Waals surface area contributed by atoms with E-state index in [1.165, 1.54) is 4.88 Å². The minimum absolute atomic E-state index is 0.666. The molecule has 0 saturated carbocycles. The lowest BCUT2D eigenvalue weighted by Gasteiger charge is -2.17. The Hall–Kier alpha value is -1.85. The number of fused-ring (bicyclic) bond motifs is 1. The van der Waals surface area contributed by atoms with E-state index in [4.69, 9.17) is 10.2 Å². The average Bonchev–Trinajstić information content (AvgIpc) is 3.07. The van der Waals surface area contributed by atoms with Gasteiger partial charge in [-0.15, -0.1) is 11.3 Å². The van der Waals surface area contributed by atoms with E-state index in [0.29, 0.717) is 12.2 Å². The molecule has 2 N–H and O–H groups in total. The van der Waals surface area contributed by atoms with Gasteiger partial charge in [-0.25, -0.2) is 4.98 Å². The van der Waals surface area contributed by atoms with Crippen LogP contribution in [0.2, 0.25) is 0 Å². The van der Waals surface area contributed by atoms with Gasteiger partial charge in [-0.1, -0.05) is 19.1 Å². The molecule has 0 spiro atoms. The molecule has 0 fully saturated rings. The molecule has 0 aliphatic rings. The van der Waals surface area contributed by atoms with Gasteiger partial charge in [-0.05, 0) is 30.1 Å². The van der Waals surface area contributed by atoms with Crippen LogP contribution in [0.15, 0.2) is 40.1 Å². The van der Waals surface area contributed by atoms with Gasteiger partial charge < -0.3 is 10.2 Å². The standard InChI is InChI=1S/C15H17N3OS/c1-2-18(9-11-5-4-8-20-11)10-14-17-15-12(16)6-3-7-13(15)19-14/h3-8H,2,9-10,16H2,1H3. The smallest absolute Gasteiger partial charge is 0.209 e. The van der Waals surface area contributed by atoms with Crippen LogP contribution in [0.5, 0.6) is 0 Å². The third-order valence-corrected chi connectivity index (χ3v) is 4.12. The number of nitrogens with zero attached hydrogens (tertiary/aromatic N) is 2. The second kappa shape index (κ2) is 5.64. The number of hydrogen-bond donors (Lipinski definition) is 1. The van der Waals surface area contributed by atoms with E-state index in [9.17, 15) is 0 Å². The fourth-order valence-corrected chi connectivity index (χ4v) is 2.92. The van der Waals surface area contributed by atoms with E-state index < -0.39 is 0 Å². The van der Waals surface area contributed by atoms with E-state index in [1.807, 2.05) is 18.2 Å². The van der Waals surface area contributed by atoms with Crippen LogP contribution >= 0.6 is 11.3 Å². The topological polar surface area (TPSA) is 55.3 Å². The summed E-state index contributed by atoms with van der Waals surface area (Å²) < 4.78 is 5.77. The molecule has 0 amide bonds. The van der Waals surface area contributed by atoms with Gasteiger partial charge in [0.1, 0.15) is 5.52 Å². The summed E-state index contributed by atoms with van der Waals surface area (Å²) in [7, 11) is 0. The zero-order chi connectivity index (χ0) is 13.9. The minimum Gasteiger partial charge on any atom is -0.439 e. The summed E-state index contributed by atoms with van der Waals surface area (Å²) in [5, 5.41) is 2.10. The number of nitrogen functional groups attached to an aromatic ring is 1. The first-order valence-corrected chi connectivity index (χ1v) is 7.53. The fourth-order valence-electron chi connectivity index (χ4n) is 2.18. The van der Waals surface area contributed by atoms with Crippen LogP contribution in [0.3, 0.4) is 0 Å². The Labute approximate surface area is 121 Å². The quantitative estimate of drug-likeness (QED) is 0.730. The van der Waals surface area contributed by atoms with E-state index >= 15 is 0 Å². The molecule has 0 bridgehead atoms. The fraction of sp³-hybridized carbons (Fsp3) is 0.267. The van der Waals surface area contributed by atoms with Gasteiger partial charge in [0.25, 0.3) is 0 Å². The van der Waals surface area contributed by atoms with E-state index in [1.54, 1.807) is 11.3 Å². The maximum Gasteiger partial charge on any atom is 0.209 e. The van der Waals surface area contributed by atoms with Gasteiger partial charge >= 0.3 is 0 Å². The van der Waals surface area contributed by atoms with Gasteiger partial charge in [0.2, 0.25) is 5.89 Å². The predicted octanol–water partition coefficient (Wildman–Crippen LogP) is 3.49. The predicted molar refractivity (Wildman–Crippen MR) is 82.5 cm³/mol. The second-order valence-corrected chi connectivity index (χ2v) is 5.72. The minimum atomic E-state index is 0.666. The summed E-state index contributed by atoms with van der Waals surface area (Å²) in [6, 6.07) is 9.86. The normalized spacial score (nSPS) is 11.5. The Balaban J connectivity index is 1.78. The van der Waals surface area contributed by atoms with Crippen molar-refractivity contribution in [3.05, 3.63) is 46.5 Å². The summed E-state index contributed by atoms with van der Waals surface area (Å²) in [6.07, 6.45) is 0. The highest BCUT2D eigenvalue weighted by molar-refractivity contribution is 7.09. The van der Waals surface area contributed by atoms with E-state index in [2.05, 4.69) is 34.3 Å².